The first-order chi connectivity index (χ1) is 8.65. The SMILES string of the molecule is CN1CCC(NC[C@@H](O)c2cccc(F)c2)CC1. The highest BCUT2D eigenvalue weighted by Crippen LogP contribution is 2.14. The first-order valence-corrected chi connectivity index (χ1v) is 6.50. The van der Waals surface area contributed by atoms with Gasteiger partial charge in [0.15, 0.2) is 0 Å². The van der Waals surface area contributed by atoms with E-state index in [1.807, 2.05) is 0 Å². The minimum Gasteiger partial charge on any atom is -0.387 e. The average Bonchev–Trinajstić information content (AvgIpc) is 2.38. The topological polar surface area (TPSA) is 35.5 Å². The van der Waals surface area contributed by atoms with Gasteiger partial charge < -0.3 is 15.3 Å². The second-order valence-corrected chi connectivity index (χ2v) is 5.06. The molecule has 1 aromatic rings. The fourth-order valence-corrected chi connectivity index (χ4v) is 2.32. The molecule has 100 valence electrons. The normalized spacial score (nSPS) is 19.9. The molecular weight excluding hydrogens is 231 g/mol. The van der Waals surface area contributed by atoms with E-state index in [1.54, 1.807) is 12.1 Å². The van der Waals surface area contributed by atoms with Crippen molar-refractivity contribution >= 4 is 0 Å². The van der Waals surface area contributed by atoms with Crippen LogP contribution in [0.3, 0.4) is 0 Å². The van der Waals surface area contributed by atoms with Crippen LogP contribution in [-0.4, -0.2) is 42.7 Å². The van der Waals surface area contributed by atoms with Crippen molar-refractivity contribution in [1.29, 1.82) is 0 Å². The van der Waals surface area contributed by atoms with Crippen molar-refractivity contribution in [3.05, 3.63) is 35.6 Å². The molecule has 2 rings (SSSR count). The Morgan fingerprint density at radius 2 is 2.17 bits per heavy atom. The molecule has 0 saturated carbocycles. The molecule has 0 radical (unpaired) electrons. The molecule has 1 aromatic carbocycles. The smallest absolute Gasteiger partial charge is 0.123 e. The maximum absolute atomic E-state index is 13.0. The van der Waals surface area contributed by atoms with Crippen molar-refractivity contribution in [2.45, 2.75) is 25.0 Å². The standard InChI is InChI=1S/C14H21FN2O/c1-17-7-5-13(6-8-17)16-10-14(18)11-3-2-4-12(15)9-11/h2-4,9,13-14,16,18H,5-8,10H2,1H3/t14-/m1/s1. The summed E-state index contributed by atoms with van der Waals surface area (Å²) in [5.41, 5.74) is 0.635. The molecule has 1 saturated heterocycles. The monoisotopic (exact) mass is 252 g/mol. The summed E-state index contributed by atoms with van der Waals surface area (Å²) in [6, 6.07) is 6.62. The Morgan fingerprint density at radius 1 is 1.44 bits per heavy atom. The minimum absolute atomic E-state index is 0.300. The molecule has 1 heterocycles. The predicted octanol–water partition coefficient (Wildman–Crippen LogP) is 1.54. The number of likely N-dealkylation sites (tertiary alicyclic amines) is 1. The minimum atomic E-state index is -0.639. The number of aliphatic hydroxyl groups excluding tert-OH is 1. The third-order valence-corrected chi connectivity index (χ3v) is 3.55. The number of rotatable bonds is 4. The van der Waals surface area contributed by atoms with Gasteiger partial charge in [0.2, 0.25) is 0 Å². The third kappa shape index (κ3) is 3.77. The predicted molar refractivity (Wildman–Crippen MR) is 69.9 cm³/mol. The average molecular weight is 252 g/mol. The van der Waals surface area contributed by atoms with Gasteiger partial charge in [-0.15, -0.1) is 0 Å². The van der Waals surface area contributed by atoms with E-state index in [4.69, 9.17) is 0 Å². The van der Waals surface area contributed by atoms with E-state index in [0.29, 0.717) is 18.2 Å². The number of piperidine rings is 1. The van der Waals surface area contributed by atoms with E-state index < -0.39 is 6.10 Å². The molecule has 18 heavy (non-hydrogen) atoms. The Labute approximate surface area is 108 Å². The number of halogens is 1. The summed E-state index contributed by atoms with van der Waals surface area (Å²) in [5.74, 6) is -0.300. The van der Waals surface area contributed by atoms with Gasteiger partial charge >= 0.3 is 0 Å². The van der Waals surface area contributed by atoms with E-state index in [2.05, 4.69) is 17.3 Å². The van der Waals surface area contributed by atoms with Crippen LogP contribution in [0.4, 0.5) is 4.39 Å². The van der Waals surface area contributed by atoms with Gasteiger partial charge in [-0.05, 0) is 50.7 Å². The second kappa shape index (κ2) is 6.27. The van der Waals surface area contributed by atoms with Gasteiger partial charge in [0.05, 0.1) is 6.10 Å². The van der Waals surface area contributed by atoms with E-state index >= 15 is 0 Å². The molecule has 3 nitrogen and oxygen atoms in total. The van der Waals surface area contributed by atoms with Gasteiger partial charge in [-0.1, -0.05) is 12.1 Å². The molecule has 1 fully saturated rings. The van der Waals surface area contributed by atoms with Crippen LogP contribution in [0.25, 0.3) is 0 Å². The van der Waals surface area contributed by atoms with Crippen molar-refractivity contribution in [2.24, 2.45) is 0 Å². The molecule has 0 unspecified atom stereocenters. The van der Waals surface area contributed by atoms with Gasteiger partial charge in [-0.25, -0.2) is 4.39 Å². The number of benzene rings is 1. The van der Waals surface area contributed by atoms with Gasteiger partial charge in [-0.3, -0.25) is 0 Å². The summed E-state index contributed by atoms with van der Waals surface area (Å²) in [7, 11) is 2.12. The van der Waals surface area contributed by atoms with Crippen molar-refractivity contribution in [2.75, 3.05) is 26.7 Å². The van der Waals surface area contributed by atoms with Crippen LogP contribution in [0, 0.1) is 5.82 Å². The molecule has 1 aliphatic heterocycles. The van der Waals surface area contributed by atoms with Crippen molar-refractivity contribution in [3.63, 3.8) is 0 Å². The maximum Gasteiger partial charge on any atom is 0.123 e. The lowest BCUT2D eigenvalue weighted by atomic mass is 10.0. The molecule has 2 N–H and O–H groups in total. The van der Waals surface area contributed by atoms with Crippen LogP contribution in [0.5, 0.6) is 0 Å². The summed E-state index contributed by atoms with van der Waals surface area (Å²) < 4.78 is 13.0. The second-order valence-electron chi connectivity index (χ2n) is 5.06. The van der Waals surface area contributed by atoms with Crippen LogP contribution in [0.15, 0.2) is 24.3 Å². The summed E-state index contributed by atoms with van der Waals surface area (Å²) in [6.07, 6.45) is 1.57. The fraction of sp³-hybridized carbons (Fsp3) is 0.571. The maximum atomic E-state index is 13.0. The zero-order valence-corrected chi connectivity index (χ0v) is 10.8. The van der Waals surface area contributed by atoms with Gasteiger partial charge in [0.1, 0.15) is 5.82 Å². The number of hydrogen-bond donors (Lipinski definition) is 2. The largest absolute Gasteiger partial charge is 0.387 e. The Balaban J connectivity index is 1.79. The van der Waals surface area contributed by atoms with Gasteiger partial charge in [-0.2, -0.15) is 0 Å². The third-order valence-electron chi connectivity index (χ3n) is 3.55. The number of aliphatic hydroxyl groups is 1. The molecule has 1 atom stereocenters. The van der Waals surface area contributed by atoms with Crippen LogP contribution in [0.2, 0.25) is 0 Å². The molecule has 4 heteroatoms. The first-order valence-electron chi connectivity index (χ1n) is 6.50. The Kier molecular flexibility index (Phi) is 4.69. The lowest BCUT2D eigenvalue weighted by Crippen LogP contribution is -2.42. The van der Waals surface area contributed by atoms with E-state index in [-0.39, 0.29) is 5.82 Å². The zero-order chi connectivity index (χ0) is 13.0. The summed E-state index contributed by atoms with van der Waals surface area (Å²) in [4.78, 5) is 2.31. The molecule has 1 aliphatic rings. The fourth-order valence-electron chi connectivity index (χ4n) is 2.32. The Bertz CT molecular complexity index is 378. The number of nitrogens with one attached hydrogen (secondary N) is 1. The first kappa shape index (κ1) is 13.5. The molecule has 0 amide bonds. The van der Waals surface area contributed by atoms with Crippen LogP contribution >= 0.6 is 0 Å². The molecular formula is C14H21FN2O. The Hall–Kier alpha value is -0.970. The lowest BCUT2D eigenvalue weighted by molar-refractivity contribution is 0.157. The highest BCUT2D eigenvalue weighted by Gasteiger charge is 2.17. The number of hydrogen-bond acceptors (Lipinski definition) is 3. The summed E-state index contributed by atoms with van der Waals surface area (Å²) >= 11 is 0. The Morgan fingerprint density at radius 3 is 2.83 bits per heavy atom. The van der Waals surface area contributed by atoms with Gasteiger partial charge in [0.25, 0.3) is 0 Å². The summed E-state index contributed by atoms with van der Waals surface area (Å²) in [5, 5.41) is 13.3. The summed E-state index contributed by atoms with van der Waals surface area (Å²) in [6.45, 7) is 2.67. The van der Waals surface area contributed by atoms with Crippen molar-refractivity contribution < 1.29 is 9.50 Å². The van der Waals surface area contributed by atoms with E-state index in [9.17, 15) is 9.50 Å². The van der Waals surface area contributed by atoms with Crippen LogP contribution in [0.1, 0.15) is 24.5 Å². The van der Waals surface area contributed by atoms with E-state index in [1.165, 1.54) is 12.1 Å². The van der Waals surface area contributed by atoms with E-state index in [0.717, 1.165) is 25.9 Å². The zero-order valence-electron chi connectivity index (χ0n) is 10.8. The lowest BCUT2D eigenvalue weighted by Gasteiger charge is -2.30. The quantitative estimate of drug-likeness (QED) is 0.853. The van der Waals surface area contributed by atoms with Crippen LogP contribution < -0.4 is 5.32 Å². The number of nitrogens with zero attached hydrogens (tertiary/aromatic N) is 1. The molecule has 0 aromatic heterocycles. The van der Waals surface area contributed by atoms with Gasteiger partial charge in [0, 0.05) is 12.6 Å². The van der Waals surface area contributed by atoms with Crippen LogP contribution in [-0.2, 0) is 0 Å². The molecule has 0 aliphatic carbocycles. The van der Waals surface area contributed by atoms with Crippen molar-refractivity contribution in [1.82, 2.24) is 10.2 Å². The van der Waals surface area contributed by atoms with Crippen molar-refractivity contribution in [3.8, 4) is 0 Å². The highest BCUT2D eigenvalue weighted by molar-refractivity contribution is 5.18. The molecule has 0 bridgehead atoms. The molecule has 0 spiro atoms. The highest BCUT2D eigenvalue weighted by atomic mass is 19.1.